The highest BCUT2D eigenvalue weighted by molar-refractivity contribution is 6.22. The van der Waals surface area contributed by atoms with Gasteiger partial charge in [0.25, 0.3) is 11.8 Å². The molecule has 0 aromatic heterocycles. The van der Waals surface area contributed by atoms with Crippen molar-refractivity contribution in [3.05, 3.63) is 64.7 Å². The summed E-state index contributed by atoms with van der Waals surface area (Å²) in [4.78, 5) is 49.8. The second-order valence-corrected chi connectivity index (χ2v) is 8.00. The average Bonchev–Trinajstić information content (AvgIpc) is 3.30. The number of carbonyl (C=O) groups is 4. The molecule has 2 aliphatic rings. The van der Waals surface area contributed by atoms with Crippen LogP contribution in [-0.4, -0.2) is 51.5 Å². The van der Waals surface area contributed by atoms with E-state index in [9.17, 15) is 24.3 Å². The zero-order valence-corrected chi connectivity index (χ0v) is 17.2. The van der Waals surface area contributed by atoms with Gasteiger partial charge < -0.3 is 10.4 Å². The van der Waals surface area contributed by atoms with Crippen LogP contribution in [0.5, 0.6) is 0 Å². The molecule has 32 heavy (non-hydrogen) atoms. The van der Waals surface area contributed by atoms with Crippen LogP contribution in [0.1, 0.15) is 57.0 Å². The summed E-state index contributed by atoms with van der Waals surface area (Å²) in [5.41, 5.74) is 4.86. The van der Waals surface area contributed by atoms with Gasteiger partial charge in [-0.1, -0.05) is 24.3 Å². The van der Waals surface area contributed by atoms with E-state index in [4.69, 9.17) is 5.21 Å². The van der Waals surface area contributed by atoms with Crippen molar-refractivity contribution in [2.45, 2.75) is 37.6 Å². The largest absolute Gasteiger partial charge is 0.480 e. The van der Waals surface area contributed by atoms with Crippen molar-refractivity contribution in [2.75, 3.05) is 11.9 Å². The van der Waals surface area contributed by atoms with Crippen molar-refractivity contribution in [3.63, 3.8) is 0 Å². The van der Waals surface area contributed by atoms with Crippen molar-refractivity contribution < 1.29 is 29.5 Å². The number of carbonyl (C=O) groups excluding carboxylic acids is 3. The summed E-state index contributed by atoms with van der Waals surface area (Å²) in [6, 6.07) is 10.9. The first-order valence-electron chi connectivity index (χ1n) is 10.4. The second-order valence-electron chi connectivity index (χ2n) is 8.00. The molecule has 0 aliphatic carbocycles. The number of nitrogens with one attached hydrogen (secondary N) is 2. The molecule has 0 saturated heterocycles. The third-order valence-electron chi connectivity index (χ3n) is 6.02. The van der Waals surface area contributed by atoms with E-state index in [0.717, 1.165) is 21.7 Å². The number of amides is 3. The molecule has 2 aliphatic heterocycles. The Labute approximate surface area is 184 Å². The lowest BCUT2D eigenvalue weighted by molar-refractivity contribution is -0.142. The second kappa shape index (κ2) is 8.80. The monoisotopic (exact) mass is 437 g/mol. The summed E-state index contributed by atoms with van der Waals surface area (Å²) in [7, 11) is 0. The average molecular weight is 437 g/mol. The molecule has 0 spiro atoms. The predicted molar refractivity (Wildman–Crippen MR) is 114 cm³/mol. The maximum absolute atomic E-state index is 12.8. The Morgan fingerprint density at radius 2 is 1.81 bits per heavy atom. The third kappa shape index (κ3) is 3.94. The molecule has 4 rings (SSSR count). The number of hydroxylamine groups is 1. The Hall–Kier alpha value is -3.72. The fourth-order valence-electron chi connectivity index (χ4n) is 4.41. The highest BCUT2D eigenvalue weighted by Gasteiger charge is 2.44. The Morgan fingerprint density at radius 1 is 1.12 bits per heavy atom. The van der Waals surface area contributed by atoms with Gasteiger partial charge in [0.15, 0.2) is 0 Å². The van der Waals surface area contributed by atoms with Gasteiger partial charge in [-0.15, -0.1) is 0 Å². The van der Waals surface area contributed by atoms with Gasteiger partial charge in [0, 0.05) is 24.6 Å². The molecule has 3 amide bonds. The summed E-state index contributed by atoms with van der Waals surface area (Å²) in [5.74, 6) is -3.04. The summed E-state index contributed by atoms with van der Waals surface area (Å²) < 4.78 is 0. The van der Waals surface area contributed by atoms with Crippen LogP contribution in [0, 0.1) is 0 Å². The van der Waals surface area contributed by atoms with Gasteiger partial charge in [0.2, 0.25) is 5.91 Å². The minimum atomic E-state index is -1.28. The van der Waals surface area contributed by atoms with Gasteiger partial charge in [-0.05, 0) is 48.6 Å². The SMILES string of the molecule is O=C(CCCc1ccc2c(c1)C(C[C@@H](C(=O)O)N1C(=O)c3ccccc3C1=O)CN2)NO. The molecule has 2 heterocycles. The van der Waals surface area contributed by atoms with E-state index in [2.05, 4.69) is 5.32 Å². The molecule has 0 fully saturated rings. The number of benzene rings is 2. The number of nitrogens with zero attached hydrogens (tertiary/aromatic N) is 1. The van der Waals surface area contributed by atoms with Gasteiger partial charge in [0.1, 0.15) is 6.04 Å². The highest BCUT2D eigenvalue weighted by Crippen LogP contribution is 2.37. The fraction of sp³-hybridized carbons (Fsp3) is 0.304. The van der Waals surface area contributed by atoms with E-state index in [0.29, 0.717) is 19.4 Å². The fourth-order valence-corrected chi connectivity index (χ4v) is 4.41. The molecule has 2 atom stereocenters. The van der Waals surface area contributed by atoms with Crippen molar-refractivity contribution >= 4 is 29.4 Å². The standard InChI is InChI=1S/C23H23N3O6/c27-20(25-32)7-3-4-13-8-9-18-17(10-13)14(12-24-18)11-19(23(30)31)26-21(28)15-5-1-2-6-16(15)22(26)29/h1-2,5-6,8-10,14,19,24,32H,3-4,7,11-12H2,(H,25,27)(H,30,31)/t14?,19-/m0/s1. The molecule has 1 unspecified atom stereocenters. The molecular weight excluding hydrogens is 414 g/mol. The maximum Gasteiger partial charge on any atom is 0.326 e. The number of carboxylic acid groups (broad SMARTS) is 1. The molecule has 0 radical (unpaired) electrons. The Balaban J connectivity index is 1.52. The number of fused-ring (bicyclic) bond motifs is 2. The smallest absolute Gasteiger partial charge is 0.326 e. The van der Waals surface area contributed by atoms with E-state index in [-0.39, 0.29) is 29.9 Å². The topological polar surface area (TPSA) is 136 Å². The number of aryl methyl sites for hydroxylation is 1. The number of anilines is 1. The van der Waals surface area contributed by atoms with Crippen LogP contribution in [0.3, 0.4) is 0 Å². The summed E-state index contributed by atoms with van der Waals surface area (Å²) in [6.45, 7) is 0.499. The van der Waals surface area contributed by atoms with E-state index >= 15 is 0 Å². The highest BCUT2D eigenvalue weighted by atomic mass is 16.5. The maximum atomic E-state index is 12.8. The third-order valence-corrected chi connectivity index (χ3v) is 6.02. The van der Waals surface area contributed by atoms with E-state index in [1.54, 1.807) is 17.6 Å². The zero-order valence-electron chi connectivity index (χ0n) is 17.2. The Kier molecular flexibility index (Phi) is 5.91. The van der Waals surface area contributed by atoms with Gasteiger partial charge in [-0.3, -0.25) is 24.5 Å². The van der Waals surface area contributed by atoms with Crippen LogP contribution in [-0.2, 0) is 16.0 Å². The van der Waals surface area contributed by atoms with Crippen LogP contribution in [0.4, 0.5) is 5.69 Å². The van der Waals surface area contributed by atoms with Crippen molar-refractivity contribution in [1.29, 1.82) is 0 Å². The van der Waals surface area contributed by atoms with Crippen LogP contribution in [0.15, 0.2) is 42.5 Å². The van der Waals surface area contributed by atoms with Crippen LogP contribution >= 0.6 is 0 Å². The van der Waals surface area contributed by atoms with E-state index in [1.165, 1.54) is 12.1 Å². The van der Waals surface area contributed by atoms with Crippen LogP contribution in [0.25, 0.3) is 0 Å². The molecule has 4 N–H and O–H groups in total. The van der Waals surface area contributed by atoms with Gasteiger partial charge in [0.05, 0.1) is 11.1 Å². The first kappa shape index (κ1) is 21.5. The van der Waals surface area contributed by atoms with Crippen LogP contribution < -0.4 is 10.8 Å². The lowest BCUT2D eigenvalue weighted by atomic mass is 9.91. The quantitative estimate of drug-likeness (QED) is 0.282. The number of carboxylic acids is 1. The van der Waals surface area contributed by atoms with Crippen molar-refractivity contribution in [3.8, 4) is 0 Å². The minimum absolute atomic E-state index is 0.0944. The van der Waals surface area contributed by atoms with Gasteiger partial charge >= 0.3 is 5.97 Å². The normalized spacial score (nSPS) is 17.5. The van der Waals surface area contributed by atoms with Gasteiger partial charge in [-0.2, -0.15) is 0 Å². The number of hydrogen-bond donors (Lipinski definition) is 4. The van der Waals surface area contributed by atoms with Crippen LogP contribution in [0.2, 0.25) is 0 Å². The number of rotatable bonds is 8. The molecule has 166 valence electrons. The first-order chi connectivity index (χ1) is 15.4. The van der Waals surface area contributed by atoms with Gasteiger partial charge in [-0.25, -0.2) is 10.3 Å². The van der Waals surface area contributed by atoms with Crippen molar-refractivity contribution in [1.82, 2.24) is 10.4 Å². The molecule has 2 aromatic carbocycles. The summed E-state index contributed by atoms with van der Waals surface area (Å²) in [6.07, 6.45) is 1.46. The van der Waals surface area contributed by atoms with E-state index < -0.39 is 29.7 Å². The molecule has 0 saturated carbocycles. The minimum Gasteiger partial charge on any atom is -0.480 e. The van der Waals surface area contributed by atoms with E-state index in [1.807, 2.05) is 18.2 Å². The summed E-state index contributed by atoms with van der Waals surface area (Å²) in [5, 5.41) is 21.7. The molecule has 9 nitrogen and oxygen atoms in total. The molecular formula is C23H23N3O6. The first-order valence-corrected chi connectivity index (χ1v) is 10.4. The lowest BCUT2D eigenvalue weighted by Crippen LogP contribution is -2.45. The predicted octanol–water partition coefficient (Wildman–Crippen LogP) is 2.16. The lowest BCUT2D eigenvalue weighted by Gasteiger charge is -2.25. The Bertz CT molecular complexity index is 1060. The van der Waals surface area contributed by atoms with Crippen molar-refractivity contribution in [2.24, 2.45) is 0 Å². The molecule has 9 heteroatoms. The number of aliphatic carboxylic acids is 1. The zero-order chi connectivity index (χ0) is 22.8. The number of imide groups is 1. The summed E-state index contributed by atoms with van der Waals surface area (Å²) >= 11 is 0. The molecule has 2 aromatic rings. The molecule has 0 bridgehead atoms. The number of hydrogen-bond acceptors (Lipinski definition) is 6. The Morgan fingerprint density at radius 3 is 2.44 bits per heavy atom.